The summed E-state index contributed by atoms with van der Waals surface area (Å²) in [4.78, 5) is 2.51. The molecule has 0 amide bonds. The topological polar surface area (TPSA) is 26.0 Å². The number of rotatable bonds is 3. The van der Waals surface area contributed by atoms with E-state index in [0.29, 0.717) is 0 Å². The van der Waals surface area contributed by atoms with Crippen molar-refractivity contribution in [3.8, 4) is 0 Å². The molecule has 0 aliphatic carbocycles. The van der Waals surface area contributed by atoms with E-state index in [1.807, 2.05) is 6.92 Å². The summed E-state index contributed by atoms with van der Waals surface area (Å²) in [6.45, 7) is 6.27. The second-order valence-electron chi connectivity index (χ2n) is 4.85. The minimum Gasteiger partial charge on any atom is -0.324 e. The Labute approximate surface area is 127 Å². The Bertz CT molecular complexity index is 593. The molecule has 1 atom stereocenters. The van der Waals surface area contributed by atoms with Crippen LogP contribution in [0.3, 0.4) is 0 Å². The average Bonchev–Trinajstić information content (AvgIpc) is 2.34. The summed E-state index contributed by atoms with van der Waals surface area (Å²) >= 11 is 5.42. The zero-order valence-corrected chi connectivity index (χ0v) is 13.8. The van der Waals surface area contributed by atoms with E-state index in [1.54, 1.807) is 11.8 Å². The van der Waals surface area contributed by atoms with E-state index in [4.69, 9.17) is 5.73 Å². The average molecular weight is 336 g/mol. The molecule has 0 radical (unpaired) electrons. The third kappa shape index (κ3) is 3.62. The van der Waals surface area contributed by atoms with E-state index < -0.39 is 0 Å². The second kappa shape index (κ2) is 6.12. The lowest BCUT2D eigenvalue weighted by Gasteiger charge is -2.11. The summed E-state index contributed by atoms with van der Waals surface area (Å²) < 4.78 is 1.10. The second-order valence-corrected chi connectivity index (χ2v) is 6.79. The fraction of sp³-hybridized carbons (Fsp3) is 0.250. The van der Waals surface area contributed by atoms with Crippen LogP contribution in [0.15, 0.2) is 50.7 Å². The van der Waals surface area contributed by atoms with Crippen LogP contribution in [-0.4, -0.2) is 0 Å². The smallest absolute Gasteiger partial charge is 0.0318 e. The minimum absolute atomic E-state index is 0.0662. The molecular formula is C16H18BrNS. The van der Waals surface area contributed by atoms with Gasteiger partial charge in [-0.15, -0.1) is 0 Å². The zero-order chi connectivity index (χ0) is 14.0. The van der Waals surface area contributed by atoms with Crippen LogP contribution < -0.4 is 5.73 Å². The Morgan fingerprint density at radius 3 is 2.32 bits per heavy atom. The first-order valence-corrected chi connectivity index (χ1v) is 7.88. The van der Waals surface area contributed by atoms with Crippen LogP contribution in [0.1, 0.15) is 29.7 Å². The normalized spacial score (nSPS) is 12.5. The monoisotopic (exact) mass is 335 g/mol. The predicted molar refractivity (Wildman–Crippen MR) is 86.8 cm³/mol. The van der Waals surface area contributed by atoms with Gasteiger partial charge in [0.1, 0.15) is 0 Å². The number of nitrogens with two attached hydrogens (primary N) is 1. The molecule has 0 saturated carbocycles. The maximum Gasteiger partial charge on any atom is 0.0318 e. The van der Waals surface area contributed by atoms with Crippen molar-refractivity contribution < 1.29 is 0 Å². The number of benzene rings is 2. The van der Waals surface area contributed by atoms with Crippen molar-refractivity contribution in [1.82, 2.24) is 0 Å². The molecule has 1 nitrogen and oxygen atoms in total. The van der Waals surface area contributed by atoms with Gasteiger partial charge in [-0.3, -0.25) is 0 Å². The van der Waals surface area contributed by atoms with Gasteiger partial charge in [0.25, 0.3) is 0 Å². The molecule has 0 heterocycles. The molecule has 0 saturated heterocycles. The van der Waals surface area contributed by atoms with Crippen molar-refractivity contribution >= 4 is 27.7 Å². The molecule has 0 aliphatic heterocycles. The molecule has 2 aromatic carbocycles. The number of hydrogen-bond donors (Lipinski definition) is 1. The summed E-state index contributed by atoms with van der Waals surface area (Å²) in [7, 11) is 0. The van der Waals surface area contributed by atoms with Gasteiger partial charge in [-0.2, -0.15) is 0 Å². The molecule has 1 unspecified atom stereocenters. The van der Waals surface area contributed by atoms with Crippen molar-refractivity contribution in [1.29, 1.82) is 0 Å². The maximum absolute atomic E-state index is 5.90. The lowest BCUT2D eigenvalue weighted by molar-refractivity contribution is 0.815. The van der Waals surface area contributed by atoms with Crippen molar-refractivity contribution in [2.75, 3.05) is 0 Å². The standard InChI is InChI=1S/C16H18BrNS/c1-10-4-6-15(11(2)8-10)19-16-7-5-13(12(3)18)9-14(16)17/h4-9,12H,18H2,1-3H3. The highest BCUT2D eigenvalue weighted by Gasteiger charge is 2.07. The van der Waals surface area contributed by atoms with Gasteiger partial charge < -0.3 is 5.73 Å². The van der Waals surface area contributed by atoms with Crippen LogP contribution in [0.4, 0.5) is 0 Å². The van der Waals surface area contributed by atoms with E-state index in [9.17, 15) is 0 Å². The Kier molecular flexibility index (Phi) is 4.71. The van der Waals surface area contributed by atoms with E-state index in [-0.39, 0.29) is 6.04 Å². The van der Waals surface area contributed by atoms with E-state index in [1.165, 1.54) is 20.9 Å². The summed E-state index contributed by atoms with van der Waals surface area (Å²) in [6.07, 6.45) is 0. The molecule has 19 heavy (non-hydrogen) atoms. The van der Waals surface area contributed by atoms with Crippen molar-refractivity contribution in [3.63, 3.8) is 0 Å². The molecule has 0 aromatic heterocycles. The summed E-state index contributed by atoms with van der Waals surface area (Å²) in [5.74, 6) is 0. The lowest BCUT2D eigenvalue weighted by atomic mass is 10.1. The van der Waals surface area contributed by atoms with Crippen molar-refractivity contribution in [2.45, 2.75) is 36.6 Å². The Morgan fingerprint density at radius 1 is 1.05 bits per heavy atom. The highest BCUT2D eigenvalue weighted by molar-refractivity contribution is 9.10. The third-order valence-corrected chi connectivity index (χ3v) is 5.20. The third-order valence-electron chi connectivity index (χ3n) is 3.03. The van der Waals surface area contributed by atoms with E-state index in [0.717, 1.165) is 10.0 Å². The highest BCUT2D eigenvalue weighted by Crippen LogP contribution is 2.36. The summed E-state index contributed by atoms with van der Waals surface area (Å²) in [5.41, 5.74) is 9.66. The summed E-state index contributed by atoms with van der Waals surface area (Å²) in [6, 6.07) is 13.0. The first kappa shape index (κ1) is 14.6. The van der Waals surface area contributed by atoms with E-state index in [2.05, 4.69) is 66.2 Å². The van der Waals surface area contributed by atoms with Crippen molar-refractivity contribution in [2.24, 2.45) is 5.73 Å². The lowest BCUT2D eigenvalue weighted by Crippen LogP contribution is -2.04. The minimum atomic E-state index is 0.0662. The van der Waals surface area contributed by atoms with Gasteiger partial charge in [0.2, 0.25) is 0 Å². The first-order chi connectivity index (χ1) is 8.97. The van der Waals surface area contributed by atoms with Crippen LogP contribution in [0.5, 0.6) is 0 Å². The molecular weight excluding hydrogens is 318 g/mol. The molecule has 3 heteroatoms. The molecule has 2 aromatic rings. The van der Waals surface area contributed by atoms with Crippen LogP contribution in [-0.2, 0) is 0 Å². The number of hydrogen-bond acceptors (Lipinski definition) is 2. The fourth-order valence-corrected chi connectivity index (χ4v) is 3.44. The number of aryl methyl sites for hydroxylation is 2. The van der Waals surface area contributed by atoms with Gasteiger partial charge >= 0.3 is 0 Å². The molecule has 0 fully saturated rings. The fourth-order valence-electron chi connectivity index (χ4n) is 1.92. The van der Waals surface area contributed by atoms with Gasteiger partial charge in [0.15, 0.2) is 0 Å². The SMILES string of the molecule is Cc1ccc(Sc2ccc(C(C)N)cc2Br)c(C)c1. The van der Waals surface area contributed by atoms with Gasteiger partial charge in [0.05, 0.1) is 0 Å². The van der Waals surface area contributed by atoms with Gasteiger partial charge in [0, 0.05) is 20.3 Å². The van der Waals surface area contributed by atoms with Crippen LogP contribution in [0.25, 0.3) is 0 Å². The van der Waals surface area contributed by atoms with Gasteiger partial charge in [-0.25, -0.2) is 0 Å². The molecule has 0 bridgehead atoms. The van der Waals surface area contributed by atoms with Gasteiger partial charge in [-0.1, -0.05) is 35.5 Å². The molecule has 2 N–H and O–H groups in total. The first-order valence-electron chi connectivity index (χ1n) is 6.27. The Hall–Kier alpha value is -0.770. The Morgan fingerprint density at radius 2 is 1.74 bits per heavy atom. The van der Waals surface area contributed by atoms with Crippen LogP contribution in [0.2, 0.25) is 0 Å². The maximum atomic E-state index is 5.90. The Balaban J connectivity index is 2.28. The molecule has 2 rings (SSSR count). The molecule has 0 spiro atoms. The largest absolute Gasteiger partial charge is 0.324 e. The van der Waals surface area contributed by atoms with Crippen molar-refractivity contribution in [3.05, 3.63) is 57.6 Å². The van der Waals surface area contributed by atoms with Crippen LogP contribution in [0, 0.1) is 13.8 Å². The molecule has 0 aliphatic rings. The molecule has 100 valence electrons. The predicted octanol–water partition coefficient (Wildman–Crippen LogP) is 5.24. The zero-order valence-electron chi connectivity index (χ0n) is 11.4. The van der Waals surface area contributed by atoms with E-state index >= 15 is 0 Å². The number of halogens is 1. The van der Waals surface area contributed by atoms with Crippen LogP contribution >= 0.6 is 27.7 Å². The van der Waals surface area contributed by atoms with Gasteiger partial charge in [-0.05, 0) is 66.0 Å². The quantitative estimate of drug-likeness (QED) is 0.830. The highest BCUT2D eigenvalue weighted by atomic mass is 79.9. The summed E-state index contributed by atoms with van der Waals surface area (Å²) in [5, 5.41) is 0.